The zero-order valence-electron chi connectivity index (χ0n) is 12.3. The highest BCUT2D eigenvalue weighted by Gasteiger charge is 2.41. The Morgan fingerprint density at radius 3 is 2.81 bits per heavy atom. The van der Waals surface area contributed by atoms with Crippen LogP contribution in [0.1, 0.15) is 24.7 Å². The fourth-order valence-corrected chi connectivity index (χ4v) is 5.55. The molecule has 0 aliphatic carbocycles. The number of alkyl halides is 1. The van der Waals surface area contributed by atoms with Crippen molar-refractivity contribution in [3.05, 3.63) is 29.6 Å². The van der Waals surface area contributed by atoms with Crippen LogP contribution in [0.3, 0.4) is 0 Å². The molecular formula is C15H19ClN2O2S. The van der Waals surface area contributed by atoms with Crippen molar-refractivity contribution in [2.24, 2.45) is 0 Å². The first-order valence-electron chi connectivity index (χ1n) is 7.09. The second-order valence-corrected chi connectivity index (χ2v) is 8.70. The van der Waals surface area contributed by atoms with Gasteiger partial charge in [-0.25, -0.2) is 13.4 Å². The van der Waals surface area contributed by atoms with E-state index in [9.17, 15) is 8.42 Å². The molecule has 6 heteroatoms. The Morgan fingerprint density at radius 2 is 2.19 bits per heavy atom. The van der Waals surface area contributed by atoms with Gasteiger partial charge in [-0.2, -0.15) is 0 Å². The van der Waals surface area contributed by atoms with Crippen LogP contribution in [0.5, 0.6) is 0 Å². The standard InChI is InChI=1S/C15H19ClN2O2S/c1-11-3-4-13-12(9-11)17-14(5-7-16)18(13)15(2)6-8-21(19,20)10-15/h3-4,9H,5-8,10H2,1-2H3. The Hall–Kier alpha value is -1.07. The van der Waals surface area contributed by atoms with Crippen LogP contribution in [0.15, 0.2) is 18.2 Å². The largest absolute Gasteiger partial charge is 0.321 e. The summed E-state index contributed by atoms with van der Waals surface area (Å²) in [4.78, 5) is 4.68. The molecule has 21 heavy (non-hydrogen) atoms. The Kier molecular flexibility index (Phi) is 3.53. The van der Waals surface area contributed by atoms with Gasteiger partial charge in [0, 0.05) is 12.3 Å². The highest BCUT2D eigenvalue weighted by Crippen LogP contribution is 2.35. The zero-order valence-corrected chi connectivity index (χ0v) is 13.8. The number of aryl methyl sites for hydroxylation is 2. The van der Waals surface area contributed by atoms with Crippen molar-refractivity contribution >= 4 is 32.5 Å². The molecule has 1 fully saturated rings. The molecule has 0 spiro atoms. The number of hydrogen-bond donors (Lipinski definition) is 0. The third-order valence-electron chi connectivity index (χ3n) is 4.22. The Bertz CT molecular complexity index is 797. The summed E-state index contributed by atoms with van der Waals surface area (Å²) < 4.78 is 26.0. The van der Waals surface area contributed by atoms with Gasteiger partial charge in [-0.15, -0.1) is 11.6 Å². The van der Waals surface area contributed by atoms with Crippen LogP contribution in [-0.2, 0) is 21.8 Å². The molecule has 0 saturated carbocycles. The van der Waals surface area contributed by atoms with E-state index in [1.54, 1.807) is 0 Å². The van der Waals surface area contributed by atoms with Gasteiger partial charge in [0.05, 0.1) is 28.1 Å². The Morgan fingerprint density at radius 1 is 1.43 bits per heavy atom. The number of sulfone groups is 1. The van der Waals surface area contributed by atoms with E-state index in [1.807, 2.05) is 32.0 Å². The van der Waals surface area contributed by atoms with Gasteiger partial charge >= 0.3 is 0 Å². The maximum atomic E-state index is 11.9. The van der Waals surface area contributed by atoms with Crippen molar-refractivity contribution in [2.75, 3.05) is 17.4 Å². The minimum Gasteiger partial charge on any atom is -0.321 e. The number of imidazole rings is 1. The highest BCUT2D eigenvalue weighted by atomic mass is 35.5. The number of hydrogen-bond acceptors (Lipinski definition) is 3. The fourth-order valence-electron chi connectivity index (χ4n) is 3.26. The van der Waals surface area contributed by atoms with Crippen molar-refractivity contribution in [1.29, 1.82) is 0 Å². The number of halogens is 1. The molecule has 2 aromatic rings. The quantitative estimate of drug-likeness (QED) is 0.815. The lowest BCUT2D eigenvalue weighted by Crippen LogP contribution is -2.33. The number of benzene rings is 1. The molecule has 0 radical (unpaired) electrons. The van der Waals surface area contributed by atoms with Crippen molar-refractivity contribution in [1.82, 2.24) is 9.55 Å². The minimum absolute atomic E-state index is 0.175. The molecule has 1 aliphatic rings. The molecule has 1 aromatic carbocycles. The predicted octanol–water partition coefficient (Wildman–Crippen LogP) is 2.66. The van der Waals surface area contributed by atoms with Crippen LogP contribution < -0.4 is 0 Å². The van der Waals surface area contributed by atoms with E-state index in [2.05, 4.69) is 9.55 Å². The smallest absolute Gasteiger partial charge is 0.152 e. The highest BCUT2D eigenvalue weighted by molar-refractivity contribution is 7.91. The molecular weight excluding hydrogens is 308 g/mol. The molecule has 1 aromatic heterocycles. The molecule has 4 nitrogen and oxygen atoms in total. The molecule has 3 rings (SSSR count). The third-order valence-corrected chi connectivity index (χ3v) is 6.30. The summed E-state index contributed by atoms with van der Waals surface area (Å²) >= 11 is 5.90. The Balaban J connectivity index is 2.22. The van der Waals surface area contributed by atoms with Crippen LogP contribution in [0.25, 0.3) is 11.0 Å². The van der Waals surface area contributed by atoms with Gasteiger partial charge in [-0.3, -0.25) is 0 Å². The number of rotatable bonds is 3. The van der Waals surface area contributed by atoms with Crippen LogP contribution in [0, 0.1) is 6.92 Å². The Labute approximate surface area is 130 Å². The first kappa shape index (κ1) is 14.9. The lowest BCUT2D eigenvalue weighted by molar-refractivity contribution is 0.365. The van der Waals surface area contributed by atoms with Crippen molar-refractivity contribution in [3.8, 4) is 0 Å². The summed E-state index contributed by atoms with van der Waals surface area (Å²) in [5.41, 5.74) is 2.64. The lowest BCUT2D eigenvalue weighted by Gasteiger charge is -2.27. The number of aromatic nitrogens is 2. The minimum atomic E-state index is -2.97. The molecule has 1 atom stereocenters. The number of fused-ring (bicyclic) bond motifs is 1. The van der Waals surface area contributed by atoms with Gasteiger partial charge in [0.1, 0.15) is 5.82 Å². The van der Waals surface area contributed by atoms with Crippen molar-refractivity contribution < 1.29 is 8.42 Å². The van der Waals surface area contributed by atoms with E-state index in [4.69, 9.17) is 11.6 Å². The lowest BCUT2D eigenvalue weighted by atomic mass is 10.0. The molecule has 2 heterocycles. The first-order chi connectivity index (χ1) is 9.85. The summed E-state index contributed by atoms with van der Waals surface area (Å²) in [6, 6.07) is 6.11. The van der Waals surface area contributed by atoms with E-state index >= 15 is 0 Å². The van der Waals surface area contributed by atoms with Crippen molar-refractivity contribution in [3.63, 3.8) is 0 Å². The molecule has 1 saturated heterocycles. The molecule has 0 bridgehead atoms. The molecule has 0 N–H and O–H groups in total. The van der Waals surface area contributed by atoms with Gasteiger partial charge in [0.15, 0.2) is 9.84 Å². The van der Waals surface area contributed by atoms with E-state index in [1.165, 1.54) is 0 Å². The summed E-state index contributed by atoms with van der Waals surface area (Å²) in [6.45, 7) is 4.04. The number of nitrogens with zero attached hydrogens (tertiary/aromatic N) is 2. The molecule has 1 unspecified atom stereocenters. The third kappa shape index (κ3) is 2.57. The maximum Gasteiger partial charge on any atom is 0.152 e. The SMILES string of the molecule is Cc1ccc2c(c1)nc(CCCl)n2C1(C)CCS(=O)(=O)C1. The normalized spacial score (nSPS) is 24.7. The van der Waals surface area contributed by atoms with E-state index in [-0.39, 0.29) is 11.5 Å². The second kappa shape index (κ2) is 4.99. The summed E-state index contributed by atoms with van der Waals surface area (Å²) in [5, 5.41) is 0. The fraction of sp³-hybridized carbons (Fsp3) is 0.533. The monoisotopic (exact) mass is 326 g/mol. The van der Waals surface area contributed by atoms with E-state index < -0.39 is 15.4 Å². The van der Waals surface area contributed by atoms with E-state index in [0.717, 1.165) is 22.4 Å². The molecule has 114 valence electrons. The van der Waals surface area contributed by atoms with Crippen LogP contribution >= 0.6 is 11.6 Å². The first-order valence-corrected chi connectivity index (χ1v) is 9.45. The topological polar surface area (TPSA) is 52.0 Å². The van der Waals surface area contributed by atoms with E-state index in [0.29, 0.717) is 18.7 Å². The molecule has 0 amide bonds. The average molecular weight is 327 g/mol. The van der Waals surface area contributed by atoms with Crippen LogP contribution in [-0.4, -0.2) is 35.4 Å². The maximum absolute atomic E-state index is 11.9. The summed E-state index contributed by atoms with van der Waals surface area (Å²) in [7, 11) is -2.97. The predicted molar refractivity (Wildman–Crippen MR) is 85.8 cm³/mol. The summed E-state index contributed by atoms with van der Waals surface area (Å²) in [6.07, 6.45) is 1.27. The second-order valence-electron chi connectivity index (χ2n) is 6.13. The van der Waals surface area contributed by atoms with Gasteiger partial charge in [0.2, 0.25) is 0 Å². The van der Waals surface area contributed by atoms with Gasteiger partial charge in [-0.1, -0.05) is 6.07 Å². The van der Waals surface area contributed by atoms with Gasteiger partial charge in [0.25, 0.3) is 0 Å². The average Bonchev–Trinajstić information content (AvgIpc) is 2.87. The summed E-state index contributed by atoms with van der Waals surface area (Å²) in [5.74, 6) is 1.78. The van der Waals surface area contributed by atoms with Crippen LogP contribution in [0.4, 0.5) is 0 Å². The zero-order chi connectivity index (χ0) is 15.3. The van der Waals surface area contributed by atoms with Crippen molar-refractivity contribution in [2.45, 2.75) is 32.2 Å². The molecule has 1 aliphatic heterocycles. The van der Waals surface area contributed by atoms with Gasteiger partial charge < -0.3 is 4.57 Å². The van der Waals surface area contributed by atoms with Crippen LogP contribution in [0.2, 0.25) is 0 Å². The van der Waals surface area contributed by atoms with Gasteiger partial charge in [-0.05, 0) is 38.0 Å².